The highest BCUT2D eigenvalue weighted by atomic mass is 16.5. The highest BCUT2D eigenvalue weighted by molar-refractivity contribution is 5.69. The lowest BCUT2D eigenvalue weighted by Gasteiger charge is -2.20. The summed E-state index contributed by atoms with van der Waals surface area (Å²) in [7, 11) is 1.42. The van der Waals surface area contributed by atoms with Crippen molar-refractivity contribution in [3.63, 3.8) is 0 Å². The van der Waals surface area contributed by atoms with Crippen molar-refractivity contribution < 1.29 is 9.53 Å². The molecule has 2 rings (SSSR count). The van der Waals surface area contributed by atoms with E-state index in [4.69, 9.17) is 4.74 Å². The zero-order valence-electron chi connectivity index (χ0n) is 11.6. The molecule has 2 aromatic rings. The van der Waals surface area contributed by atoms with Crippen LogP contribution in [0.1, 0.15) is 24.4 Å². The zero-order chi connectivity index (χ0) is 14.2. The fourth-order valence-electron chi connectivity index (χ4n) is 2.11. The fourth-order valence-corrected chi connectivity index (χ4v) is 2.11. The Bertz CT molecular complexity index is 525. The number of methoxy groups -OCH3 is 1. The van der Waals surface area contributed by atoms with E-state index in [0.29, 0.717) is 12.8 Å². The van der Waals surface area contributed by atoms with Gasteiger partial charge in [0.05, 0.1) is 13.2 Å². The lowest BCUT2D eigenvalue weighted by molar-refractivity contribution is -0.140. The topological polar surface area (TPSA) is 38.3 Å². The molecular formula is C17H19NO2. The van der Waals surface area contributed by atoms with Crippen molar-refractivity contribution in [2.24, 2.45) is 0 Å². The molecule has 0 radical (unpaired) electrons. The van der Waals surface area contributed by atoms with Gasteiger partial charge in [-0.25, -0.2) is 0 Å². The molecule has 0 aliphatic heterocycles. The van der Waals surface area contributed by atoms with Gasteiger partial charge in [-0.1, -0.05) is 48.5 Å². The Labute approximate surface area is 119 Å². The van der Waals surface area contributed by atoms with Crippen molar-refractivity contribution in [3.8, 4) is 0 Å². The zero-order valence-corrected chi connectivity index (χ0v) is 11.6. The second kappa shape index (κ2) is 7.34. The molecule has 0 unspecified atom stereocenters. The van der Waals surface area contributed by atoms with Crippen molar-refractivity contribution in [3.05, 3.63) is 66.2 Å². The monoisotopic (exact) mass is 269 g/mol. The van der Waals surface area contributed by atoms with Gasteiger partial charge >= 0.3 is 5.97 Å². The first-order valence-corrected chi connectivity index (χ1v) is 6.73. The van der Waals surface area contributed by atoms with Crippen LogP contribution in [0.2, 0.25) is 0 Å². The second-order valence-electron chi connectivity index (χ2n) is 4.59. The molecule has 0 aliphatic carbocycles. The van der Waals surface area contributed by atoms with Crippen LogP contribution in [0.5, 0.6) is 0 Å². The number of esters is 1. The van der Waals surface area contributed by atoms with E-state index in [2.05, 4.69) is 17.4 Å². The van der Waals surface area contributed by atoms with Gasteiger partial charge in [0.15, 0.2) is 0 Å². The first-order valence-electron chi connectivity index (χ1n) is 6.73. The average molecular weight is 269 g/mol. The molecule has 1 N–H and O–H groups in total. The van der Waals surface area contributed by atoms with E-state index >= 15 is 0 Å². The van der Waals surface area contributed by atoms with Gasteiger partial charge in [0, 0.05) is 12.1 Å². The molecule has 1 atom stereocenters. The third-order valence-corrected chi connectivity index (χ3v) is 3.18. The van der Waals surface area contributed by atoms with Gasteiger partial charge in [0.2, 0.25) is 0 Å². The molecule has 0 heterocycles. The van der Waals surface area contributed by atoms with E-state index in [1.807, 2.05) is 48.5 Å². The number of benzene rings is 2. The van der Waals surface area contributed by atoms with E-state index in [1.165, 1.54) is 12.7 Å². The molecule has 2 aromatic carbocycles. The molecule has 3 heteroatoms. The molecule has 20 heavy (non-hydrogen) atoms. The summed E-state index contributed by atoms with van der Waals surface area (Å²) in [6.45, 7) is 0. The minimum Gasteiger partial charge on any atom is -0.469 e. The van der Waals surface area contributed by atoms with Gasteiger partial charge in [-0.15, -0.1) is 0 Å². The molecule has 0 bridgehead atoms. The average Bonchev–Trinajstić information content (AvgIpc) is 2.53. The number of carbonyl (C=O) groups is 1. The number of carbonyl (C=O) groups excluding carboxylic acids is 1. The summed E-state index contributed by atoms with van der Waals surface area (Å²) in [6.07, 6.45) is 1.10. The van der Waals surface area contributed by atoms with E-state index < -0.39 is 0 Å². The molecule has 0 saturated heterocycles. The van der Waals surface area contributed by atoms with Crippen LogP contribution in [0, 0.1) is 0 Å². The summed E-state index contributed by atoms with van der Waals surface area (Å²) in [5.41, 5.74) is 2.21. The Morgan fingerprint density at radius 2 is 1.65 bits per heavy atom. The summed E-state index contributed by atoms with van der Waals surface area (Å²) < 4.78 is 4.72. The highest BCUT2D eigenvalue weighted by Gasteiger charge is 2.13. The van der Waals surface area contributed by atoms with Crippen LogP contribution in [-0.2, 0) is 9.53 Å². The normalized spacial score (nSPS) is 11.7. The van der Waals surface area contributed by atoms with Crippen LogP contribution in [0.15, 0.2) is 60.7 Å². The van der Waals surface area contributed by atoms with E-state index in [-0.39, 0.29) is 12.0 Å². The third-order valence-electron chi connectivity index (χ3n) is 3.18. The molecule has 3 nitrogen and oxygen atoms in total. The predicted molar refractivity (Wildman–Crippen MR) is 80.5 cm³/mol. The Hall–Kier alpha value is -2.29. The summed E-state index contributed by atoms with van der Waals surface area (Å²) >= 11 is 0. The smallest absolute Gasteiger partial charge is 0.305 e. The van der Waals surface area contributed by atoms with Gasteiger partial charge in [0.1, 0.15) is 0 Å². The number of ether oxygens (including phenoxy) is 1. The number of rotatable bonds is 6. The van der Waals surface area contributed by atoms with Crippen molar-refractivity contribution in [2.45, 2.75) is 18.9 Å². The minimum absolute atomic E-state index is 0.0951. The van der Waals surface area contributed by atoms with Crippen molar-refractivity contribution in [1.29, 1.82) is 0 Å². The predicted octanol–water partition coefficient (Wildman–Crippen LogP) is 3.79. The highest BCUT2D eigenvalue weighted by Crippen LogP contribution is 2.23. The molecular weight excluding hydrogens is 250 g/mol. The van der Waals surface area contributed by atoms with Crippen molar-refractivity contribution >= 4 is 11.7 Å². The van der Waals surface area contributed by atoms with Crippen molar-refractivity contribution in [1.82, 2.24) is 0 Å². The minimum atomic E-state index is -0.180. The number of hydrogen-bond donors (Lipinski definition) is 1. The Morgan fingerprint density at radius 1 is 1.05 bits per heavy atom. The lowest BCUT2D eigenvalue weighted by Crippen LogP contribution is -2.13. The number of anilines is 1. The van der Waals surface area contributed by atoms with Crippen molar-refractivity contribution in [2.75, 3.05) is 12.4 Å². The maximum atomic E-state index is 11.4. The first-order chi connectivity index (χ1) is 9.79. The molecule has 0 aromatic heterocycles. The molecule has 0 saturated carbocycles. The molecule has 0 aliphatic rings. The molecule has 0 spiro atoms. The van der Waals surface area contributed by atoms with Crippen LogP contribution in [0.4, 0.5) is 5.69 Å². The number of para-hydroxylation sites is 1. The van der Waals surface area contributed by atoms with Crippen LogP contribution < -0.4 is 5.32 Å². The van der Waals surface area contributed by atoms with Gasteiger partial charge in [-0.2, -0.15) is 0 Å². The van der Waals surface area contributed by atoms with Crippen LogP contribution >= 0.6 is 0 Å². The largest absolute Gasteiger partial charge is 0.469 e. The maximum absolute atomic E-state index is 11.4. The van der Waals surface area contributed by atoms with E-state index in [1.54, 1.807) is 0 Å². The van der Waals surface area contributed by atoms with Crippen LogP contribution in [0.3, 0.4) is 0 Å². The summed E-state index contributed by atoms with van der Waals surface area (Å²) in [5, 5.41) is 3.47. The summed E-state index contributed by atoms with van der Waals surface area (Å²) in [5.74, 6) is -0.180. The maximum Gasteiger partial charge on any atom is 0.305 e. The second-order valence-corrected chi connectivity index (χ2v) is 4.59. The summed E-state index contributed by atoms with van der Waals surface area (Å²) in [4.78, 5) is 11.4. The molecule has 0 fully saturated rings. The van der Waals surface area contributed by atoms with Crippen LogP contribution in [0.25, 0.3) is 0 Å². The quantitative estimate of drug-likeness (QED) is 0.811. The lowest BCUT2D eigenvalue weighted by atomic mass is 10.0. The number of hydrogen-bond acceptors (Lipinski definition) is 3. The van der Waals surface area contributed by atoms with Gasteiger partial charge in [-0.05, 0) is 24.1 Å². The van der Waals surface area contributed by atoms with Gasteiger partial charge in [-0.3, -0.25) is 4.79 Å². The standard InChI is InChI=1S/C17H19NO2/c1-20-17(19)13-12-16(14-8-4-2-5-9-14)18-15-10-6-3-7-11-15/h2-11,16,18H,12-13H2,1H3/t16-/m0/s1. The van der Waals surface area contributed by atoms with Gasteiger partial charge in [0.25, 0.3) is 0 Å². The summed E-state index contributed by atoms with van der Waals surface area (Å²) in [6, 6.07) is 20.2. The first kappa shape index (κ1) is 14.1. The third kappa shape index (κ3) is 4.12. The Balaban J connectivity index is 2.10. The fraction of sp³-hybridized carbons (Fsp3) is 0.235. The SMILES string of the molecule is COC(=O)CC[C@H](Nc1ccccc1)c1ccccc1. The van der Waals surface area contributed by atoms with E-state index in [9.17, 15) is 4.79 Å². The van der Waals surface area contributed by atoms with Gasteiger partial charge < -0.3 is 10.1 Å². The van der Waals surface area contributed by atoms with E-state index in [0.717, 1.165) is 5.69 Å². The number of nitrogens with one attached hydrogen (secondary N) is 1. The van der Waals surface area contributed by atoms with Crippen LogP contribution in [-0.4, -0.2) is 13.1 Å². The Kier molecular flexibility index (Phi) is 5.18. The Morgan fingerprint density at radius 3 is 2.25 bits per heavy atom. The molecule has 0 amide bonds. The molecule has 104 valence electrons.